The Hall–Kier alpha value is -2.04. The molecule has 116 valence electrons. The molecule has 0 saturated carbocycles. The summed E-state index contributed by atoms with van der Waals surface area (Å²) in [7, 11) is 0. The molecule has 1 rings (SSSR count). The van der Waals surface area contributed by atoms with Crippen LogP contribution in [0.2, 0.25) is 0 Å². The van der Waals surface area contributed by atoms with Gasteiger partial charge in [0.25, 0.3) is 0 Å². The highest BCUT2D eigenvalue weighted by molar-refractivity contribution is 5.91. The average molecular weight is 293 g/mol. The van der Waals surface area contributed by atoms with Gasteiger partial charge in [0.1, 0.15) is 5.75 Å². The molecule has 0 aliphatic heterocycles. The van der Waals surface area contributed by atoms with E-state index in [0.717, 1.165) is 17.0 Å². The van der Waals surface area contributed by atoms with Crippen LogP contribution in [0.25, 0.3) is 0 Å². The van der Waals surface area contributed by atoms with E-state index in [-0.39, 0.29) is 18.4 Å². The number of anilines is 1. The quantitative estimate of drug-likeness (QED) is 0.721. The lowest BCUT2D eigenvalue weighted by molar-refractivity contribution is -0.137. The minimum atomic E-state index is -0.827. The molecule has 1 aromatic carbocycles. The summed E-state index contributed by atoms with van der Waals surface area (Å²) in [6.07, 6.45) is 1.64. The van der Waals surface area contributed by atoms with E-state index in [2.05, 4.69) is 5.32 Å². The fourth-order valence-corrected chi connectivity index (χ4v) is 1.90. The first-order valence-electron chi connectivity index (χ1n) is 7.17. The number of hydrogen-bond acceptors (Lipinski definition) is 3. The first-order chi connectivity index (χ1) is 9.88. The van der Waals surface area contributed by atoms with Crippen molar-refractivity contribution in [2.45, 2.75) is 52.6 Å². The summed E-state index contributed by atoms with van der Waals surface area (Å²) in [5.41, 5.74) is 1.70. The zero-order chi connectivity index (χ0) is 15.8. The number of ether oxygens (including phenoxy) is 1. The monoisotopic (exact) mass is 293 g/mol. The predicted octanol–water partition coefficient (Wildman–Crippen LogP) is 3.37. The zero-order valence-corrected chi connectivity index (χ0v) is 12.8. The van der Waals surface area contributed by atoms with Crippen molar-refractivity contribution in [3.63, 3.8) is 0 Å². The van der Waals surface area contributed by atoms with Crippen LogP contribution >= 0.6 is 0 Å². The number of amides is 1. The van der Waals surface area contributed by atoms with Gasteiger partial charge >= 0.3 is 5.97 Å². The molecule has 0 saturated heterocycles. The maximum absolute atomic E-state index is 11.8. The molecular formula is C16H23NO4. The van der Waals surface area contributed by atoms with Gasteiger partial charge in [0.2, 0.25) is 5.91 Å². The summed E-state index contributed by atoms with van der Waals surface area (Å²) in [4.78, 5) is 22.2. The van der Waals surface area contributed by atoms with Crippen molar-refractivity contribution in [2.75, 3.05) is 5.32 Å². The van der Waals surface area contributed by atoms with Gasteiger partial charge in [0.15, 0.2) is 0 Å². The Bertz CT molecular complexity index is 497. The second-order valence-electron chi connectivity index (χ2n) is 5.29. The number of nitrogens with one attached hydrogen (secondary N) is 1. The van der Waals surface area contributed by atoms with Gasteiger partial charge in [-0.1, -0.05) is 0 Å². The van der Waals surface area contributed by atoms with E-state index in [1.54, 1.807) is 0 Å². The van der Waals surface area contributed by atoms with Gasteiger partial charge in [-0.15, -0.1) is 0 Å². The summed E-state index contributed by atoms with van der Waals surface area (Å²) in [5.74, 6) is -0.144. The molecule has 5 nitrogen and oxygen atoms in total. The largest absolute Gasteiger partial charge is 0.491 e. The highest BCUT2D eigenvalue weighted by Gasteiger charge is 2.07. The van der Waals surface area contributed by atoms with Crippen molar-refractivity contribution in [3.8, 4) is 5.75 Å². The molecule has 1 aromatic rings. The summed E-state index contributed by atoms with van der Waals surface area (Å²) in [6.45, 7) is 5.83. The summed E-state index contributed by atoms with van der Waals surface area (Å²) < 4.78 is 5.59. The van der Waals surface area contributed by atoms with Crippen molar-refractivity contribution >= 4 is 17.6 Å². The molecule has 21 heavy (non-hydrogen) atoms. The van der Waals surface area contributed by atoms with Gasteiger partial charge in [0.05, 0.1) is 6.10 Å². The fourth-order valence-electron chi connectivity index (χ4n) is 1.90. The number of unbranched alkanes of at least 4 members (excludes halogenated alkanes) is 1. The van der Waals surface area contributed by atoms with Crippen LogP contribution < -0.4 is 10.1 Å². The highest BCUT2D eigenvalue weighted by atomic mass is 16.5. The number of carbonyl (C=O) groups is 2. The summed E-state index contributed by atoms with van der Waals surface area (Å²) >= 11 is 0. The average Bonchev–Trinajstić information content (AvgIpc) is 2.37. The molecule has 0 heterocycles. The molecule has 0 fully saturated rings. The fraction of sp³-hybridized carbons (Fsp3) is 0.500. The van der Waals surface area contributed by atoms with E-state index < -0.39 is 5.97 Å². The number of carboxylic acid groups (broad SMARTS) is 1. The third-order valence-corrected chi connectivity index (χ3v) is 2.89. The Morgan fingerprint density at radius 2 is 1.90 bits per heavy atom. The number of rotatable bonds is 8. The molecule has 2 N–H and O–H groups in total. The van der Waals surface area contributed by atoms with Gasteiger partial charge in [-0.25, -0.2) is 0 Å². The Morgan fingerprint density at radius 1 is 1.24 bits per heavy atom. The topological polar surface area (TPSA) is 75.6 Å². The van der Waals surface area contributed by atoms with Crippen LogP contribution in [0.3, 0.4) is 0 Å². The molecule has 0 unspecified atom stereocenters. The Labute approximate surface area is 125 Å². The van der Waals surface area contributed by atoms with E-state index in [1.807, 2.05) is 39.0 Å². The summed E-state index contributed by atoms with van der Waals surface area (Å²) in [5, 5.41) is 11.4. The highest BCUT2D eigenvalue weighted by Crippen LogP contribution is 2.22. The Kier molecular flexibility index (Phi) is 6.72. The van der Waals surface area contributed by atoms with Crippen molar-refractivity contribution in [2.24, 2.45) is 0 Å². The van der Waals surface area contributed by atoms with E-state index >= 15 is 0 Å². The summed E-state index contributed by atoms with van der Waals surface area (Å²) in [6, 6.07) is 5.54. The number of aliphatic carboxylic acids is 1. The number of aryl methyl sites for hydroxylation is 1. The van der Waals surface area contributed by atoms with E-state index in [0.29, 0.717) is 19.3 Å². The Balaban J connectivity index is 2.47. The minimum absolute atomic E-state index is 0.0963. The number of carboxylic acids is 1. The van der Waals surface area contributed by atoms with Crippen molar-refractivity contribution in [1.29, 1.82) is 0 Å². The first-order valence-corrected chi connectivity index (χ1v) is 7.17. The molecule has 0 bridgehead atoms. The maximum atomic E-state index is 11.8. The van der Waals surface area contributed by atoms with Gasteiger partial charge in [-0.2, -0.15) is 0 Å². The second kappa shape index (κ2) is 8.29. The van der Waals surface area contributed by atoms with Crippen LogP contribution in [0.1, 0.15) is 45.1 Å². The standard InChI is InChI=1S/C16H23NO4/c1-11(2)21-13-8-9-14(12(3)10-13)17-15(18)6-4-5-7-16(19)20/h8-11H,4-7H2,1-3H3,(H,17,18)(H,19,20). The number of carbonyl (C=O) groups excluding carboxylic acids is 1. The van der Waals surface area contributed by atoms with Crippen LogP contribution in [0.15, 0.2) is 18.2 Å². The number of hydrogen-bond donors (Lipinski definition) is 2. The van der Waals surface area contributed by atoms with Gasteiger partial charge in [-0.3, -0.25) is 9.59 Å². The smallest absolute Gasteiger partial charge is 0.303 e. The Morgan fingerprint density at radius 3 is 2.48 bits per heavy atom. The number of benzene rings is 1. The van der Waals surface area contributed by atoms with Gasteiger partial charge in [0, 0.05) is 18.5 Å². The van der Waals surface area contributed by atoms with Crippen molar-refractivity contribution < 1.29 is 19.4 Å². The van der Waals surface area contributed by atoms with E-state index in [1.165, 1.54) is 0 Å². The van der Waals surface area contributed by atoms with Crippen LogP contribution in [0.5, 0.6) is 5.75 Å². The second-order valence-corrected chi connectivity index (χ2v) is 5.29. The molecule has 0 radical (unpaired) electrons. The lowest BCUT2D eigenvalue weighted by Crippen LogP contribution is -2.12. The van der Waals surface area contributed by atoms with Crippen LogP contribution in [-0.4, -0.2) is 23.1 Å². The molecular weight excluding hydrogens is 270 g/mol. The van der Waals surface area contributed by atoms with Gasteiger partial charge in [-0.05, 0) is 57.4 Å². The molecule has 0 aromatic heterocycles. The molecule has 0 aliphatic carbocycles. The van der Waals surface area contributed by atoms with Crippen molar-refractivity contribution in [1.82, 2.24) is 0 Å². The van der Waals surface area contributed by atoms with Crippen LogP contribution in [0.4, 0.5) is 5.69 Å². The normalized spacial score (nSPS) is 10.5. The first kappa shape index (κ1) is 17.0. The van der Waals surface area contributed by atoms with Crippen LogP contribution in [0, 0.1) is 6.92 Å². The molecule has 0 atom stereocenters. The molecule has 5 heteroatoms. The maximum Gasteiger partial charge on any atom is 0.303 e. The molecule has 0 spiro atoms. The zero-order valence-electron chi connectivity index (χ0n) is 12.8. The lowest BCUT2D eigenvalue weighted by atomic mass is 10.1. The molecule has 0 aliphatic rings. The lowest BCUT2D eigenvalue weighted by Gasteiger charge is -2.13. The predicted molar refractivity (Wildman–Crippen MR) is 81.7 cm³/mol. The minimum Gasteiger partial charge on any atom is -0.491 e. The van der Waals surface area contributed by atoms with Crippen LogP contribution in [-0.2, 0) is 9.59 Å². The molecule has 1 amide bonds. The third-order valence-electron chi connectivity index (χ3n) is 2.89. The van der Waals surface area contributed by atoms with E-state index in [4.69, 9.17) is 9.84 Å². The SMILES string of the molecule is Cc1cc(OC(C)C)ccc1NC(=O)CCCCC(=O)O. The van der Waals surface area contributed by atoms with Crippen molar-refractivity contribution in [3.05, 3.63) is 23.8 Å². The van der Waals surface area contributed by atoms with E-state index in [9.17, 15) is 9.59 Å². The van der Waals surface area contributed by atoms with Gasteiger partial charge < -0.3 is 15.2 Å². The third kappa shape index (κ3) is 6.79.